The van der Waals surface area contributed by atoms with Gasteiger partial charge in [-0.1, -0.05) is 0 Å². The standard InChI is InChI=1S/C4H3BrN2O2/c5-4-3(7(8)9)1-2-6-4/h1-2,6H. The molecule has 0 saturated heterocycles. The van der Waals surface area contributed by atoms with Crippen molar-refractivity contribution in [3.05, 3.63) is 27.0 Å². The molecule has 0 atom stereocenters. The highest BCUT2D eigenvalue weighted by molar-refractivity contribution is 9.10. The van der Waals surface area contributed by atoms with Crippen molar-refractivity contribution >= 4 is 21.6 Å². The number of aromatic nitrogens is 1. The lowest BCUT2D eigenvalue weighted by Crippen LogP contribution is -1.84. The number of nitrogens with zero attached hydrogens (tertiary/aromatic N) is 1. The Hall–Kier alpha value is -0.840. The summed E-state index contributed by atoms with van der Waals surface area (Å²) in [5.74, 6) is 0. The van der Waals surface area contributed by atoms with E-state index in [1.807, 2.05) is 0 Å². The van der Waals surface area contributed by atoms with Crippen LogP contribution < -0.4 is 0 Å². The lowest BCUT2D eigenvalue weighted by atomic mass is 10.6. The molecule has 0 aromatic carbocycles. The first-order chi connectivity index (χ1) is 4.22. The Morgan fingerprint density at radius 3 is 2.67 bits per heavy atom. The van der Waals surface area contributed by atoms with Gasteiger partial charge in [0, 0.05) is 12.3 Å². The second-order valence-electron chi connectivity index (χ2n) is 1.43. The SMILES string of the molecule is O=[N+]([O-])c1cc[nH]c1Br. The summed E-state index contributed by atoms with van der Waals surface area (Å²) >= 11 is 2.97. The fourth-order valence-corrected chi connectivity index (χ4v) is 0.891. The van der Waals surface area contributed by atoms with E-state index in [1.54, 1.807) is 0 Å². The molecule has 1 aromatic rings. The molecule has 1 rings (SSSR count). The van der Waals surface area contributed by atoms with E-state index >= 15 is 0 Å². The van der Waals surface area contributed by atoms with E-state index < -0.39 is 4.92 Å². The molecule has 0 saturated carbocycles. The molecular weight excluding hydrogens is 188 g/mol. The molecule has 1 N–H and O–H groups in total. The minimum Gasteiger partial charge on any atom is -0.350 e. The van der Waals surface area contributed by atoms with Crippen molar-refractivity contribution < 1.29 is 4.92 Å². The highest BCUT2D eigenvalue weighted by Crippen LogP contribution is 2.21. The quantitative estimate of drug-likeness (QED) is 0.542. The fourth-order valence-electron chi connectivity index (χ4n) is 0.482. The maximum Gasteiger partial charge on any atom is 0.301 e. The van der Waals surface area contributed by atoms with E-state index in [0.717, 1.165) is 0 Å². The Bertz CT molecular complexity index is 232. The molecule has 1 aromatic heterocycles. The molecule has 0 unspecified atom stereocenters. The molecule has 0 fully saturated rings. The largest absolute Gasteiger partial charge is 0.350 e. The lowest BCUT2D eigenvalue weighted by Gasteiger charge is -1.82. The summed E-state index contributed by atoms with van der Waals surface area (Å²) < 4.78 is 0.410. The van der Waals surface area contributed by atoms with Crippen LogP contribution in [0.15, 0.2) is 16.9 Å². The molecule has 5 heteroatoms. The van der Waals surface area contributed by atoms with Crippen LogP contribution in [0.1, 0.15) is 0 Å². The van der Waals surface area contributed by atoms with E-state index in [2.05, 4.69) is 20.9 Å². The third kappa shape index (κ3) is 1.10. The Labute approximate surface area is 59.2 Å². The van der Waals surface area contributed by atoms with Crippen molar-refractivity contribution in [1.29, 1.82) is 0 Å². The Morgan fingerprint density at radius 2 is 2.44 bits per heavy atom. The van der Waals surface area contributed by atoms with Crippen molar-refractivity contribution in [2.75, 3.05) is 0 Å². The first-order valence-corrected chi connectivity index (χ1v) is 2.98. The van der Waals surface area contributed by atoms with Gasteiger partial charge >= 0.3 is 5.69 Å². The van der Waals surface area contributed by atoms with Gasteiger partial charge in [0.15, 0.2) is 4.60 Å². The number of H-pyrrole nitrogens is 1. The third-order valence-corrected chi connectivity index (χ3v) is 1.51. The predicted molar refractivity (Wildman–Crippen MR) is 35.1 cm³/mol. The normalized spacial score (nSPS) is 9.44. The second-order valence-corrected chi connectivity index (χ2v) is 2.23. The minimum atomic E-state index is -0.458. The molecule has 9 heavy (non-hydrogen) atoms. The maximum atomic E-state index is 10.0. The average Bonchev–Trinajstić information content (AvgIpc) is 2.13. The molecule has 0 aliphatic rings. The number of hydrogen-bond donors (Lipinski definition) is 1. The summed E-state index contributed by atoms with van der Waals surface area (Å²) in [7, 11) is 0. The molecule has 0 amide bonds. The van der Waals surface area contributed by atoms with Crippen molar-refractivity contribution in [3.63, 3.8) is 0 Å². The van der Waals surface area contributed by atoms with E-state index in [1.165, 1.54) is 12.3 Å². The van der Waals surface area contributed by atoms with Crippen LogP contribution in [-0.2, 0) is 0 Å². The summed E-state index contributed by atoms with van der Waals surface area (Å²) in [6, 6.07) is 1.39. The van der Waals surface area contributed by atoms with Gasteiger partial charge in [0.05, 0.1) is 4.92 Å². The Balaban J connectivity index is 3.08. The van der Waals surface area contributed by atoms with Gasteiger partial charge < -0.3 is 4.98 Å². The van der Waals surface area contributed by atoms with Gasteiger partial charge in [-0.15, -0.1) is 0 Å². The summed E-state index contributed by atoms with van der Waals surface area (Å²) in [6.07, 6.45) is 1.50. The smallest absolute Gasteiger partial charge is 0.301 e. The zero-order valence-electron chi connectivity index (χ0n) is 4.30. The summed E-state index contributed by atoms with van der Waals surface area (Å²) in [5.41, 5.74) is 0.0648. The predicted octanol–water partition coefficient (Wildman–Crippen LogP) is 1.69. The zero-order chi connectivity index (χ0) is 6.85. The van der Waals surface area contributed by atoms with Crippen molar-refractivity contribution in [3.8, 4) is 0 Å². The van der Waals surface area contributed by atoms with Crippen LogP contribution in [0, 0.1) is 10.1 Å². The highest BCUT2D eigenvalue weighted by atomic mass is 79.9. The number of aromatic amines is 1. The van der Waals surface area contributed by atoms with Crippen molar-refractivity contribution in [1.82, 2.24) is 4.98 Å². The molecule has 48 valence electrons. The number of rotatable bonds is 1. The van der Waals surface area contributed by atoms with Gasteiger partial charge in [0.1, 0.15) is 0 Å². The van der Waals surface area contributed by atoms with Crippen LogP contribution in [0.4, 0.5) is 5.69 Å². The van der Waals surface area contributed by atoms with E-state index in [9.17, 15) is 10.1 Å². The molecule has 0 spiro atoms. The molecule has 1 heterocycles. The Morgan fingerprint density at radius 1 is 1.78 bits per heavy atom. The highest BCUT2D eigenvalue weighted by Gasteiger charge is 2.10. The average molecular weight is 191 g/mol. The summed E-state index contributed by atoms with van der Waals surface area (Å²) in [5, 5.41) is 10.0. The van der Waals surface area contributed by atoms with Crippen LogP contribution in [0.25, 0.3) is 0 Å². The van der Waals surface area contributed by atoms with Gasteiger partial charge in [-0.05, 0) is 15.9 Å². The number of nitrogens with one attached hydrogen (secondary N) is 1. The number of nitro groups is 1. The van der Waals surface area contributed by atoms with Crippen molar-refractivity contribution in [2.24, 2.45) is 0 Å². The van der Waals surface area contributed by atoms with E-state index in [0.29, 0.717) is 4.60 Å². The van der Waals surface area contributed by atoms with Gasteiger partial charge in [0.25, 0.3) is 0 Å². The monoisotopic (exact) mass is 190 g/mol. The van der Waals surface area contributed by atoms with E-state index in [-0.39, 0.29) is 5.69 Å². The first kappa shape index (κ1) is 6.28. The third-order valence-electron chi connectivity index (χ3n) is 0.873. The van der Waals surface area contributed by atoms with Crippen molar-refractivity contribution in [2.45, 2.75) is 0 Å². The first-order valence-electron chi connectivity index (χ1n) is 2.19. The zero-order valence-corrected chi connectivity index (χ0v) is 5.88. The molecular formula is C4H3BrN2O2. The molecule has 0 bridgehead atoms. The topological polar surface area (TPSA) is 58.9 Å². The van der Waals surface area contributed by atoms with Gasteiger partial charge in [-0.2, -0.15) is 0 Å². The molecule has 0 aliphatic carbocycles. The van der Waals surface area contributed by atoms with Gasteiger partial charge in [0.2, 0.25) is 0 Å². The number of hydrogen-bond acceptors (Lipinski definition) is 2. The van der Waals surface area contributed by atoms with Crippen LogP contribution in [0.2, 0.25) is 0 Å². The fraction of sp³-hybridized carbons (Fsp3) is 0. The van der Waals surface area contributed by atoms with Gasteiger partial charge in [-0.25, -0.2) is 0 Å². The van der Waals surface area contributed by atoms with Crippen LogP contribution in [0.3, 0.4) is 0 Å². The lowest BCUT2D eigenvalue weighted by molar-refractivity contribution is -0.385. The molecule has 0 radical (unpaired) electrons. The number of halogens is 1. The van der Waals surface area contributed by atoms with Gasteiger partial charge in [-0.3, -0.25) is 10.1 Å². The van der Waals surface area contributed by atoms with Crippen LogP contribution >= 0.6 is 15.9 Å². The summed E-state index contributed by atoms with van der Waals surface area (Å²) in [6.45, 7) is 0. The molecule has 0 aliphatic heterocycles. The van der Waals surface area contributed by atoms with E-state index in [4.69, 9.17) is 0 Å². The Kier molecular flexibility index (Phi) is 1.52. The van der Waals surface area contributed by atoms with Crippen LogP contribution in [-0.4, -0.2) is 9.91 Å². The maximum absolute atomic E-state index is 10.0. The minimum absolute atomic E-state index is 0.0648. The second kappa shape index (κ2) is 2.18. The summed E-state index contributed by atoms with van der Waals surface area (Å²) in [4.78, 5) is 12.2. The molecule has 4 nitrogen and oxygen atoms in total. The van der Waals surface area contributed by atoms with Crippen LogP contribution in [0.5, 0.6) is 0 Å².